The number of amides is 1. The monoisotopic (exact) mass is 451 g/mol. The predicted molar refractivity (Wildman–Crippen MR) is 122 cm³/mol. The molecule has 3 aromatic rings. The van der Waals surface area contributed by atoms with Gasteiger partial charge in [-0.15, -0.1) is 0 Å². The zero-order valence-electron chi connectivity index (χ0n) is 18.0. The maximum Gasteiger partial charge on any atom is 0.261 e. The van der Waals surface area contributed by atoms with Crippen LogP contribution in [0.3, 0.4) is 0 Å². The first-order valence-electron chi connectivity index (χ1n) is 10.4. The van der Waals surface area contributed by atoms with Gasteiger partial charge in [0.05, 0.1) is 23.7 Å². The van der Waals surface area contributed by atoms with Crippen LogP contribution in [0.4, 0.5) is 5.69 Å². The first-order chi connectivity index (χ1) is 15.4. The number of hydrogen-bond acceptors (Lipinski definition) is 5. The Labute approximate surface area is 188 Å². The summed E-state index contributed by atoms with van der Waals surface area (Å²) in [6.07, 6.45) is 3.43. The zero-order chi connectivity index (χ0) is 22.7. The van der Waals surface area contributed by atoms with Crippen LogP contribution in [0.2, 0.25) is 0 Å². The van der Waals surface area contributed by atoms with Crippen LogP contribution in [0.25, 0.3) is 0 Å². The molecule has 1 aliphatic rings. The summed E-state index contributed by atoms with van der Waals surface area (Å²) in [5, 5.41) is 0. The molecule has 0 bridgehead atoms. The Bertz CT molecular complexity index is 1210. The molecule has 0 aliphatic carbocycles. The number of pyridine rings is 1. The molecule has 2 heterocycles. The van der Waals surface area contributed by atoms with E-state index in [-0.39, 0.29) is 16.8 Å². The van der Waals surface area contributed by atoms with Crippen LogP contribution in [-0.4, -0.2) is 37.9 Å². The standard InChI is InChI=1S/C24H25N3O4S/c1-17-8-13-20(32(29,30)26-18-9-11-19(31-2)12-10-18)16-21(17)24(28)27-15-5-7-23(27)22-6-3-4-14-25-22/h3-4,6,8-14,16,23,26H,5,7,15H2,1-2H3. The molecule has 0 radical (unpaired) electrons. The number of sulfonamides is 1. The number of methoxy groups -OCH3 is 1. The van der Waals surface area contributed by atoms with E-state index >= 15 is 0 Å². The van der Waals surface area contributed by atoms with Crippen LogP contribution in [0.1, 0.15) is 40.5 Å². The van der Waals surface area contributed by atoms with Crippen molar-refractivity contribution in [1.29, 1.82) is 0 Å². The highest BCUT2D eigenvalue weighted by Gasteiger charge is 2.32. The molecule has 1 aromatic heterocycles. The van der Waals surface area contributed by atoms with E-state index in [2.05, 4.69) is 9.71 Å². The molecule has 4 rings (SSSR count). The van der Waals surface area contributed by atoms with Gasteiger partial charge in [0, 0.05) is 24.0 Å². The van der Waals surface area contributed by atoms with Crippen molar-refractivity contribution >= 4 is 21.6 Å². The molecule has 2 aromatic carbocycles. The van der Waals surface area contributed by atoms with E-state index in [0.29, 0.717) is 23.5 Å². The van der Waals surface area contributed by atoms with Gasteiger partial charge in [0.2, 0.25) is 0 Å². The van der Waals surface area contributed by atoms with Gasteiger partial charge in [0.25, 0.3) is 15.9 Å². The van der Waals surface area contributed by atoms with Crippen molar-refractivity contribution in [2.24, 2.45) is 0 Å². The van der Waals surface area contributed by atoms with E-state index in [9.17, 15) is 13.2 Å². The SMILES string of the molecule is COc1ccc(NS(=O)(=O)c2ccc(C)c(C(=O)N3CCCC3c3ccccn3)c2)cc1. The normalized spacial score (nSPS) is 16.1. The van der Waals surface area contributed by atoms with Crippen LogP contribution in [0, 0.1) is 6.92 Å². The van der Waals surface area contributed by atoms with Gasteiger partial charge in [-0.25, -0.2) is 8.42 Å². The summed E-state index contributed by atoms with van der Waals surface area (Å²) < 4.78 is 33.6. The van der Waals surface area contributed by atoms with Crippen LogP contribution in [0.5, 0.6) is 5.75 Å². The summed E-state index contributed by atoms with van der Waals surface area (Å²) in [7, 11) is -2.32. The average molecular weight is 452 g/mol. The highest BCUT2D eigenvalue weighted by atomic mass is 32.2. The average Bonchev–Trinajstić information content (AvgIpc) is 3.30. The van der Waals surface area contributed by atoms with Gasteiger partial charge in [-0.05, 0) is 73.9 Å². The number of benzene rings is 2. The Hall–Kier alpha value is -3.39. The summed E-state index contributed by atoms with van der Waals surface area (Å²) in [5.74, 6) is 0.446. The minimum absolute atomic E-state index is 0.0378. The fourth-order valence-electron chi connectivity index (χ4n) is 3.92. The molecule has 1 aliphatic heterocycles. The lowest BCUT2D eigenvalue weighted by atomic mass is 10.1. The van der Waals surface area contributed by atoms with Gasteiger partial charge in [-0.3, -0.25) is 14.5 Å². The molecule has 1 saturated heterocycles. The minimum atomic E-state index is -3.87. The topological polar surface area (TPSA) is 88.6 Å². The number of nitrogens with zero attached hydrogens (tertiary/aromatic N) is 2. The Morgan fingerprint density at radius 1 is 1.12 bits per heavy atom. The Morgan fingerprint density at radius 2 is 1.91 bits per heavy atom. The summed E-state index contributed by atoms with van der Waals surface area (Å²) in [4.78, 5) is 19.7. The van der Waals surface area contributed by atoms with Crippen molar-refractivity contribution in [1.82, 2.24) is 9.88 Å². The van der Waals surface area contributed by atoms with Crippen LogP contribution < -0.4 is 9.46 Å². The second kappa shape index (κ2) is 9.00. The zero-order valence-corrected chi connectivity index (χ0v) is 18.8. The van der Waals surface area contributed by atoms with Gasteiger partial charge in [0.1, 0.15) is 5.75 Å². The Kier molecular flexibility index (Phi) is 6.14. The predicted octanol–water partition coefficient (Wildman–Crippen LogP) is 4.18. The second-order valence-corrected chi connectivity index (χ2v) is 9.40. The molecular weight excluding hydrogens is 426 g/mol. The second-order valence-electron chi connectivity index (χ2n) is 7.72. The number of aryl methyl sites for hydroxylation is 1. The number of anilines is 1. The Balaban J connectivity index is 1.61. The van der Waals surface area contributed by atoms with Crippen molar-refractivity contribution in [2.75, 3.05) is 18.4 Å². The highest BCUT2D eigenvalue weighted by Crippen LogP contribution is 2.33. The van der Waals surface area contributed by atoms with Gasteiger partial charge in [-0.1, -0.05) is 12.1 Å². The number of hydrogen-bond donors (Lipinski definition) is 1. The van der Waals surface area contributed by atoms with E-state index in [1.165, 1.54) is 12.1 Å². The van der Waals surface area contributed by atoms with E-state index in [1.807, 2.05) is 25.1 Å². The smallest absolute Gasteiger partial charge is 0.261 e. The number of carbonyl (C=O) groups is 1. The van der Waals surface area contributed by atoms with Crippen molar-refractivity contribution in [3.05, 3.63) is 83.7 Å². The molecule has 8 heteroatoms. The quantitative estimate of drug-likeness (QED) is 0.607. The molecule has 0 saturated carbocycles. The van der Waals surface area contributed by atoms with Gasteiger partial charge in [0.15, 0.2) is 0 Å². The summed E-state index contributed by atoms with van der Waals surface area (Å²) >= 11 is 0. The first kappa shape index (κ1) is 21.8. The third-order valence-electron chi connectivity index (χ3n) is 5.63. The summed E-state index contributed by atoms with van der Waals surface area (Å²) in [6, 6.07) is 16.8. The molecule has 1 fully saturated rings. The summed E-state index contributed by atoms with van der Waals surface area (Å²) in [5.41, 5.74) is 2.37. The lowest BCUT2D eigenvalue weighted by Gasteiger charge is -2.25. The Morgan fingerprint density at radius 3 is 2.59 bits per heavy atom. The van der Waals surface area contributed by atoms with E-state index in [4.69, 9.17) is 4.74 Å². The maximum atomic E-state index is 13.4. The van der Waals surface area contributed by atoms with Crippen molar-refractivity contribution < 1.29 is 17.9 Å². The molecule has 1 unspecified atom stereocenters. The van der Waals surface area contributed by atoms with Gasteiger partial charge >= 0.3 is 0 Å². The molecule has 32 heavy (non-hydrogen) atoms. The molecule has 166 valence electrons. The molecule has 1 amide bonds. The summed E-state index contributed by atoms with van der Waals surface area (Å²) in [6.45, 7) is 2.42. The number of rotatable bonds is 6. The number of nitrogens with one attached hydrogen (secondary N) is 1. The fraction of sp³-hybridized carbons (Fsp3) is 0.250. The van der Waals surface area contributed by atoms with Crippen LogP contribution in [0.15, 0.2) is 71.8 Å². The fourth-order valence-corrected chi connectivity index (χ4v) is 5.00. The van der Waals surface area contributed by atoms with E-state index in [1.54, 1.807) is 48.5 Å². The third-order valence-corrected chi connectivity index (χ3v) is 7.01. The molecule has 1 N–H and O–H groups in total. The lowest BCUT2D eigenvalue weighted by molar-refractivity contribution is 0.0732. The van der Waals surface area contributed by atoms with Crippen LogP contribution in [-0.2, 0) is 10.0 Å². The van der Waals surface area contributed by atoms with Crippen molar-refractivity contribution in [3.63, 3.8) is 0 Å². The van der Waals surface area contributed by atoms with Gasteiger partial charge in [-0.2, -0.15) is 0 Å². The van der Waals surface area contributed by atoms with Crippen molar-refractivity contribution in [3.8, 4) is 5.75 Å². The highest BCUT2D eigenvalue weighted by molar-refractivity contribution is 7.92. The number of ether oxygens (including phenoxy) is 1. The first-order valence-corrected chi connectivity index (χ1v) is 11.9. The number of likely N-dealkylation sites (tertiary alicyclic amines) is 1. The van der Waals surface area contributed by atoms with Gasteiger partial charge < -0.3 is 9.64 Å². The number of aromatic nitrogens is 1. The molecule has 1 atom stereocenters. The maximum absolute atomic E-state index is 13.4. The van der Waals surface area contributed by atoms with E-state index < -0.39 is 10.0 Å². The van der Waals surface area contributed by atoms with E-state index in [0.717, 1.165) is 24.1 Å². The minimum Gasteiger partial charge on any atom is -0.497 e. The van der Waals surface area contributed by atoms with Crippen molar-refractivity contribution in [2.45, 2.75) is 30.7 Å². The molecule has 7 nitrogen and oxygen atoms in total. The largest absolute Gasteiger partial charge is 0.497 e. The van der Waals surface area contributed by atoms with Crippen LogP contribution >= 0.6 is 0 Å². The third kappa shape index (κ3) is 4.45. The molecular formula is C24H25N3O4S. The number of carbonyl (C=O) groups excluding carboxylic acids is 1. The molecule has 0 spiro atoms. The lowest BCUT2D eigenvalue weighted by Crippen LogP contribution is -2.31.